The van der Waals surface area contributed by atoms with Gasteiger partial charge >= 0.3 is 12.2 Å². The minimum Gasteiger partial charge on any atom is -0.490 e. The van der Waals surface area contributed by atoms with Crippen LogP contribution in [0.3, 0.4) is 0 Å². The molecule has 1 aromatic heterocycles. The van der Waals surface area contributed by atoms with Gasteiger partial charge in [0.15, 0.2) is 5.76 Å². The maximum absolute atomic E-state index is 14.4. The van der Waals surface area contributed by atoms with Crippen molar-refractivity contribution in [2.45, 2.75) is 83.2 Å². The van der Waals surface area contributed by atoms with Crippen molar-refractivity contribution in [3.05, 3.63) is 65.0 Å². The van der Waals surface area contributed by atoms with Crippen LogP contribution in [-0.2, 0) is 20.9 Å². The molecule has 286 valence electrons. The number of fused-ring (bicyclic) bond motifs is 1. The van der Waals surface area contributed by atoms with Gasteiger partial charge < -0.3 is 34.6 Å². The first-order valence-corrected chi connectivity index (χ1v) is 18.3. The van der Waals surface area contributed by atoms with Crippen LogP contribution in [-0.4, -0.2) is 91.4 Å². The number of sulfonamides is 1. The van der Waals surface area contributed by atoms with Crippen LogP contribution >= 0.6 is 0 Å². The summed E-state index contributed by atoms with van der Waals surface area (Å²) < 4.78 is 84.8. The summed E-state index contributed by atoms with van der Waals surface area (Å²) in [6, 6.07) is 7.03. The van der Waals surface area contributed by atoms with E-state index in [4.69, 9.17) is 14.0 Å². The summed E-state index contributed by atoms with van der Waals surface area (Å²) in [5.41, 5.74) is -0.208. The zero-order valence-corrected chi connectivity index (χ0v) is 30.8. The Hall–Kier alpha value is -4.19. The standard InChI is InChI=1S/C35H46F3N5O8S/c1-21-18-43(22(2)20-44)33(45)29-17-28(40-34(46)39-27-12-10-26(11-13-27)35(36,37)38)14-15-30(29)50-23(3)9-7-8-16-49-31(21)19-42(6)52(47,48)32-24(4)41-51-25(32)5/h10-15,17,21-23,31,44H,7-9,16,18-20H2,1-6H3,(H2,39,40,46)/t21-,22+,23+,31+/m0/s1. The predicted molar refractivity (Wildman–Crippen MR) is 187 cm³/mol. The third kappa shape index (κ3) is 10.0. The Balaban J connectivity index is 1.61. The smallest absolute Gasteiger partial charge is 0.416 e. The molecule has 0 fully saturated rings. The lowest BCUT2D eigenvalue weighted by Gasteiger charge is -2.35. The molecule has 3 N–H and O–H groups in total. The van der Waals surface area contributed by atoms with E-state index >= 15 is 0 Å². The molecule has 17 heteroatoms. The first-order chi connectivity index (χ1) is 24.4. The van der Waals surface area contributed by atoms with Crippen molar-refractivity contribution in [1.29, 1.82) is 0 Å². The number of likely N-dealkylation sites (N-methyl/N-ethyl adjacent to an activating group) is 1. The summed E-state index contributed by atoms with van der Waals surface area (Å²) in [7, 11) is -2.56. The van der Waals surface area contributed by atoms with Crippen molar-refractivity contribution >= 4 is 33.3 Å². The molecule has 2 aromatic carbocycles. The highest BCUT2D eigenvalue weighted by molar-refractivity contribution is 7.89. The van der Waals surface area contributed by atoms with Gasteiger partial charge in [-0.05, 0) is 89.4 Å². The van der Waals surface area contributed by atoms with Crippen LogP contribution in [0, 0.1) is 19.8 Å². The SMILES string of the molecule is Cc1noc(C)c1S(=O)(=O)N(C)C[C@H]1OCCCC[C@@H](C)Oc2ccc(NC(=O)Nc3ccc(C(F)(F)F)cc3)cc2C(=O)N([C@H](C)CO)C[C@@H]1C. The molecule has 0 radical (unpaired) electrons. The molecule has 0 bridgehead atoms. The molecule has 0 aliphatic carbocycles. The van der Waals surface area contributed by atoms with Crippen molar-refractivity contribution in [2.24, 2.45) is 5.92 Å². The number of aryl methyl sites for hydroxylation is 2. The molecule has 1 aliphatic rings. The number of amides is 3. The van der Waals surface area contributed by atoms with Crippen molar-refractivity contribution in [1.82, 2.24) is 14.4 Å². The first kappa shape index (κ1) is 40.6. The number of alkyl halides is 3. The molecular formula is C35H46F3N5O8S. The number of nitrogens with one attached hydrogen (secondary N) is 2. The Morgan fingerprint density at radius 2 is 1.75 bits per heavy atom. The highest BCUT2D eigenvalue weighted by atomic mass is 32.2. The highest BCUT2D eigenvalue weighted by Gasteiger charge is 2.35. The lowest BCUT2D eigenvalue weighted by atomic mass is 10.0. The topological polar surface area (TPSA) is 164 Å². The second kappa shape index (κ2) is 17.1. The molecule has 4 atom stereocenters. The van der Waals surface area contributed by atoms with Crippen LogP contribution in [0.2, 0.25) is 0 Å². The second-order valence-electron chi connectivity index (χ2n) is 13.1. The van der Waals surface area contributed by atoms with Crippen LogP contribution < -0.4 is 15.4 Å². The minimum absolute atomic E-state index is 0.0164. The summed E-state index contributed by atoms with van der Waals surface area (Å²) in [4.78, 5) is 28.6. The third-order valence-electron chi connectivity index (χ3n) is 8.85. The number of hydrogen-bond acceptors (Lipinski definition) is 9. The van der Waals surface area contributed by atoms with Gasteiger partial charge in [-0.1, -0.05) is 12.1 Å². The number of aliphatic hydroxyl groups excluding tert-OH is 1. The Bertz CT molecular complexity index is 1780. The third-order valence-corrected chi connectivity index (χ3v) is 10.9. The monoisotopic (exact) mass is 753 g/mol. The van der Waals surface area contributed by atoms with Crippen molar-refractivity contribution in [3.8, 4) is 5.75 Å². The summed E-state index contributed by atoms with van der Waals surface area (Å²) in [5.74, 6) is -0.528. The molecule has 52 heavy (non-hydrogen) atoms. The average Bonchev–Trinajstić information content (AvgIpc) is 3.43. The normalized spacial score (nSPS) is 20.1. The number of aliphatic hydroxyl groups is 1. The van der Waals surface area contributed by atoms with Gasteiger partial charge in [-0.2, -0.15) is 17.5 Å². The Labute approximate surface area is 301 Å². The van der Waals surface area contributed by atoms with E-state index in [0.717, 1.165) is 30.7 Å². The number of nitrogens with zero attached hydrogens (tertiary/aromatic N) is 3. The molecular weight excluding hydrogens is 707 g/mol. The molecule has 0 saturated carbocycles. The lowest BCUT2D eigenvalue weighted by Crippen LogP contribution is -2.48. The molecule has 1 aliphatic heterocycles. The number of ether oxygens (including phenoxy) is 2. The first-order valence-electron chi connectivity index (χ1n) is 16.9. The van der Waals surface area contributed by atoms with Gasteiger partial charge in [0.05, 0.1) is 36.0 Å². The summed E-state index contributed by atoms with van der Waals surface area (Å²) in [6.07, 6.45) is -3.50. The average molecular weight is 754 g/mol. The number of anilines is 2. The number of urea groups is 1. The largest absolute Gasteiger partial charge is 0.490 e. The van der Waals surface area contributed by atoms with Crippen LogP contribution in [0.15, 0.2) is 51.9 Å². The van der Waals surface area contributed by atoms with E-state index in [1.807, 2.05) is 13.8 Å². The number of carbonyl (C=O) groups is 2. The van der Waals surface area contributed by atoms with Crippen molar-refractivity contribution in [3.63, 3.8) is 0 Å². The number of halogens is 3. The van der Waals surface area contributed by atoms with Crippen molar-refractivity contribution in [2.75, 3.05) is 44.0 Å². The fraction of sp³-hybridized carbons (Fsp3) is 0.514. The number of hydrogen-bond donors (Lipinski definition) is 3. The Kier molecular flexibility index (Phi) is 13.3. The second-order valence-corrected chi connectivity index (χ2v) is 15.1. The molecule has 0 saturated heterocycles. The molecule has 2 heterocycles. The summed E-state index contributed by atoms with van der Waals surface area (Å²) in [5, 5.41) is 19.1. The van der Waals surface area contributed by atoms with Gasteiger partial charge in [-0.25, -0.2) is 13.2 Å². The van der Waals surface area contributed by atoms with Gasteiger partial charge in [0.1, 0.15) is 16.3 Å². The number of carbonyl (C=O) groups excluding carboxylic acids is 2. The zero-order valence-electron chi connectivity index (χ0n) is 30.0. The molecule has 13 nitrogen and oxygen atoms in total. The van der Waals surface area contributed by atoms with Gasteiger partial charge in [-0.15, -0.1) is 0 Å². The maximum Gasteiger partial charge on any atom is 0.416 e. The highest BCUT2D eigenvalue weighted by Crippen LogP contribution is 2.31. The Morgan fingerprint density at radius 3 is 2.37 bits per heavy atom. The quantitative estimate of drug-likeness (QED) is 0.248. The molecule has 0 unspecified atom stereocenters. The molecule has 4 rings (SSSR count). The summed E-state index contributed by atoms with van der Waals surface area (Å²) in [6.45, 7) is 8.41. The van der Waals surface area contributed by atoms with Crippen LogP contribution in [0.1, 0.15) is 67.4 Å². The van der Waals surface area contributed by atoms with E-state index in [-0.39, 0.29) is 64.8 Å². The van der Waals surface area contributed by atoms with E-state index in [2.05, 4.69) is 15.8 Å². The van der Waals surface area contributed by atoms with Crippen LogP contribution in [0.5, 0.6) is 5.75 Å². The van der Waals surface area contributed by atoms with E-state index in [9.17, 15) is 36.3 Å². The lowest BCUT2D eigenvalue weighted by molar-refractivity contribution is -0.137. The molecule has 3 aromatic rings. The van der Waals surface area contributed by atoms with Gasteiger partial charge in [-0.3, -0.25) is 4.79 Å². The van der Waals surface area contributed by atoms with Crippen LogP contribution in [0.4, 0.5) is 29.3 Å². The van der Waals surface area contributed by atoms with E-state index in [1.165, 1.54) is 35.3 Å². The zero-order chi connectivity index (χ0) is 38.4. The summed E-state index contributed by atoms with van der Waals surface area (Å²) >= 11 is 0. The Morgan fingerprint density at radius 1 is 1.10 bits per heavy atom. The van der Waals surface area contributed by atoms with Gasteiger partial charge in [0, 0.05) is 44.0 Å². The number of aromatic nitrogens is 1. The minimum atomic E-state index is -4.52. The van der Waals surface area contributed by atoms with E-state index in [1.54, 1.807) is 19.9 Å². The van der Waals surface area contributed by atoms with E-state index < -0.39 is 51.8 Å². The fourth-order valence-electron chi connectivity index (χ4n) is 5.85. The fourth-order valence-corrected chi connectivity index (χ4v) is 7.32. The molecule has 0 spiro atoms. The number of rotatable bonds is 8. The van der Waals surface area contributed by atoms with E-state index in [0.29, 0.717) is 19.4 Å². The molecule has 3 amide bonds. The van der Waals surface area contributed by atoms with Crippen molar-refractivity contribution < 1.29 is 50.3 Å². The number of benzene rings is 2. The predicted octanol–water partition coefficient (Wildman–Crippen LogP) is 6.07. The van der Waals surface area contributed by atoms with Gasteiger partial charge in [0.2, 0.25) is 10.0 Å². The van der Waals surface area contributed by atoms with Crippen LogP contribution in [0.25, 0.3) is 0 Å². The van der Waals surface area contributed by atoms with Gasteiger partial charge in [0.25, 0.3) is 5.91 Å². The maximum atomic E-state index is 14.4.